The van der Waals surface area contributed by atoms with Gasteiger partial charge in [0.1, 0.15) is 4.47 Å². The van der Waals surface area contributed by atoms with Crippen LogP contribution in [0.1, 0.15) is 13.8 Å². The fourth-order valence-corrected chi connectivity index (χ4v) is 1.68. The van der Waals surface area contributed by atoms with Crippen molar-refractivity contribution in [2.24, 2.45) is 5.41 Å². The van der Waals surface area contributed by atoms with Gasteiger partial charge in [-0.1, -0.05) is 19.9 Å². The molecule has 1 rings (SSSR count). The molecule has 0 aliphatic rings. The highest BCUT2D eigenvalue weighted by Gasteiger charge is 2.17. The van der Waals surface area contributed by atoms with Crippen LogP contribution in [0, 0.1) is 5.41 Å². The van der Waals surface area contributed by atoms with E-state index < -0.39 is 0 Å². The number of aliphatic hydroxyl groups excluding tert-OH is 1. The number of hydrogen-bond donors (Lipinski definition) is 2. The average Bonchev–Trinajstić information content (AvgIpc) is 2.34. The zero-order valence-electron chi connectivity index (χ0n) is 10.6. The number of anilines is 1. The minimum atomic E-state index is -0.255. The summed E-state index contributed by atoms with van der Waals surface area (Å²) in [7, 11) is 0. The van der Waals surface area contributed by atoms with E-state index in [9.17, 15) is 4.79 Å². The maximum absolute atomic E-state index is 11.9. The first-order valence-electron chi connectivity index (χ1n) is 5.62. The lowest BCUT2D eigenvalue weighted by Gasteiger charge is -2.22. The van der Waals surface area contributed by atoms with E-state index in [1.165, 1.54) is 4.68 Å². The Kier molecular flexibility index (Phi) is 5.10. The highest BCUT2D eigenvalue weighted by Crippen LogP contribution is 2.20. The third-order valence-electron chi connectivity index (χ3n) is 2.47. The Morgan fingerprint density at radius 1 is 1.67 bits per heavy atom. The highest BCUT2D eigenvalue weighted by atomic mass is 79.9. The Bertz CT molecular complexity index is 483. The van der Waals surface area contributed by atoms with Crippen molar-refractivity contribution < 1.29 is 5.11 Å². The summed E-state index contributed by atoms with van der Waals surface area (Å²) in [6.07, 6.45) is 3.20. The normalized spacial score (nSPS) is 11.3. The van der Waals surface area contributed by atoms with E-state index in [1.807, 2.05) is 13.8 Å². The first-order valence-corrected chi connectivity index (χ1v) is 6.42. The van der Waals surface area contributed by atoms with E-state index in [0.717, 1.165) is 0 Å². The van der Waals surface area contributed by atoms with Crippen molar-refractivity contribution in [3.63, 3.8) is 0 Å². The van der Waals surface area contributed by atoms with Crippen LogP contribution in [-0.4, -0.2) is 28.0 Å². The molecule has 1 aromatic heterocycles. The maximum Gasteiger partial charge on any atom is 0.283 e. The maximum atomic E-state index is 11.9. The van der Waals surface area contributed by atoms with Crippen molar-refractivity contribution in [2.45, 2.75) is 20.4 Å². The molecule has 0 spiro atoms. The van der Waals surface area contributed by atoms with Gasteiger partial charge in [-0.3, -0.25) is 4.79 Å². The molecular formula is C12H18BrN3O2. The van der Waals surface area contributed by atoms with E-state index in [2.05, 4.69) is 32.9 Å². The number of allylic oxidation sites excluding steroid dienone is 1. The van der Waals surface area contributed by atoms with Crippen molar-refractivity contribution in [1.29, 1.82) is 0 Å². The van der Waals surface area contributed by atoms with Gasteiger partial charge in [-0.15, -0.1) is 6.58 Å². The average molecular weight is 316 g/mol. The van der Waals surface area contributed by atoms with Gasteiger partial charge in [-0.25, -0.2) is 4.68 Å². The lowest BCUT2D eigenvalue weighted by molar-refractivity contribution is 0.171. The van der Waals surface area contributed by atoms with Crippen LogP contribution in [0.3, 0.4) is 0 Å². The lowest BCUT2D eigenvalue weighted by Crippen LogP contribution is -2.29. The van der Waals surface area contributed by atoms with Crippen molar-refractivity contribution in [2.75, 3.05) is 18.5 Å². The number of nitrogens with one attached hydrogen (secondary N) is 1. The van der Waals surface area contributed by atoms with Crippen LogP contribution in [0.25, 0.3) is 0 Å². The molecule has 0 saturated carbocycles. The number of halogens is 1. The molecule has 0 bridgehead atoms. The molecule has 100 valence electrons. The standard InChI is InChI=1S/C12H18BrN3O2/c1-4-5-16-11(18)10(13)9(6-15-16)14-7-12(2,3)8-17/h4,6,14,17H,1,5,7-8H2,2-3H3. The van der Waals surface area contributed by atoms with Gasteiger partial charge in [0, 0.05) is 18.6 Å². The summed E-state index contributed by atoms with van der Waals surface area (Å²) < 4.78 is 1.76. The quantitative estimate of drug-likeness (QED) is 0.783. The lowest BCUT2D eigenvalue weighted by atomic mass is 9.95. The number of nitrogens with zero attached hydrogens (tertiary/aromatic N) is 2. The zero-order valence-corrected chi connectivity index (χ0v) is 12.2. The largest absolute Gasteiger partial charge is 0.396 e. The van der Waals surface area contributed by atoms with E-state index in [1.54, 1.807) is 12.3 Å². The Hall–Kier alpha value is -1.14. The van der Waals surface area contributed by atoms with E-state index in [4.69, 9.17) is 5.11 Å². The van der Waals surface area contributed by atoms with Crippen LogP contribution >= 0.6 is 15.9 Å². The summed E-state index contributed by atoms with van der Waals surface area (Å²) in [6.45, 7) is 8.43. The molecule has 0 aliphatic carbocycles. The molecule has 6 heteroatoms. The SMILES string of the molecule is C=CCn1ncc(NCC(C)(C)CO)c(Br)c1=O. The first kappa shape index (κ1) is 14.9. The van der Waals surface area contributed by atoms with Crippen molar-refractivity contribution in [3.8, 4) is 0 Å². The summed E-state index contributed by atoms with van der Waals surface area (Å²) in [5, 5.41) is 16.3. The molecule has 1 heterocycles. The van der Waals surface area contributed by atoms with Crippen LogP contribution < -0.4 is 10.9 Å². The van der Waals surface area contributed by atoms with Gasteiger partial charge in [0.15, 0.2) is 0 Å². The molecule has 0 aliphatic heterocycles. The van der Waals surface area contributed by atoms with Crippen molar-refractivity contribution in [1.82, 2.24) is 9.78 Å². The molecule has 0 aromatic carbocycles. The van der Waals surface area contributed by atoms with Gasteiger partial charge in [-0.05, 0) is 15.9 Å². The molecule has 1 aromatic rings. The molecule has 18 heavy (non-hydrogen) atoms. The van der Waals surface area contributed by atoms with Crippen LogP contribution in [0.2, 0.25) is 0 Å². The summed E-state index contributed by atoms with van der Waals surface area (Å²) in [5.41, 5.74) is 0.165. The molecule has 0 fully saturated rings. The van der Waals surface area contributed by atoms with E-state index >= 15 is 0 Å². The number of hydrogen-bond acceptors (Lipinski definition) is 4. The van der Waals surface area contributed by atoms with Crippen LogP contribution in [0.15, 0.2) is 28.1 Å². The second kappa shape index (κ2) is 6.15. The first-order chi connectivity index (χ1) is 8.41. The number of rotatable bonds is 6. The summed E-state index contributed by atoms with van der Waals surface area (Å²) in [4.78, 5) is 11.9. The van der Waals surface area contributed by atoms with Crippen molar-refractivity contribution in [3.05, 3.63) is 33.7 Å². The van der Waals surface area contributed by atoms with Gasteiger partial charge in [0.25, 0.3) is 5.56 Å². The van der Waals surface area contributed by atoms with Crippen LogP contribution in [0.5, 0.6) is 0 Å². The summed E-state index contributed by atoms with van der Waals surface area (Å²) in [6, 6.07) is 0. The third-order valence-corrected chi connectivity index (χ3v) is 3.24. The highest BCUT2D eigenvalue weighted by molar-refractivity contribution is 9.10. The summed E-state index contributed by atoms with van der Waals surface area (Å²) in [5.74, 6) is 0. The third kappa shape index (κ3) is 3.68. The molecule has 2 N–H and O–H groups in total. The van der Waals surface area contributed by atoms with Gasteiger partial charge in [-0.2, -0.15) is 5.10 Å². The fraction of sp³-hybridized carbons (Fsp3) is 0.500. The van der Waals surface area contributed by atoms with E-state index in [0.29, 0.717) is 23.2 Å². The summed E-state index contributed by atoms with van der Waals surface area (Å²) >= 11 is 3.26. The van der Waals surface area contributed by atoms with E-state index in [-0.39, 0.29) is 17.6 Å². The van der Waals surface area contributed by atoms with Gasteiger partial charge >= 0.3 is 0 Å². The minimum Gasteiger partial charge on any atom is -0.396 e. The Balaban J connectivity index is 2.89. The predicted molar refractivity (Wildman–Crippen MR) is 75.8 cm³/mol. The smallest absolute Gasteiger partial charge is 0.283 e. The fourth-order valence-electron chi connectivity index (χ4n) is 1.23. The predicted octanol–water partition coefficient (Wildman–Crippen LogP) is 1.62. The minimum absolute atomic E-state index is 0.0680. The van der Waals surface area contributed by atoms with Gasteiger partial charge < -0.3 is 10.4 Å². The topological polar surface area (TPSA) is 67.2 Å². The van der Waals surface area contributed by atoms with Gasteiger partial charge in [0.05, 0.1) is 18.4 Å². The van der Waals surface area contributed by atoms with Crippen LogP contribution in [-0.2, 0) is 6.54 Å². The second-order valence-corrected chi connectivity index (χ2v) is 5.62. The Labute approximate surface area is 115 Å². The molecular weight excluding hydrogens is 298 g/mol. The Morgan fingerprint density at radius 2 is 2.33 bits per heavy atom. The van der Waals surface area contributed by atoms with Crippen molar-refractivity contribution >= 4 is 21.6 Å². The molecule has 5 nitrogen and oxygen atoms in total. The number of aromatic nitrogens is 2. The monoisotopic (exact) mass is 315 g/mol. The molecule has 0 saturated heterocycles. The number of aliphatic hydroxyl groups is 1. The Morgan fingerprint density at radius 3 is 2.89 bits per heavy atom. The molecule has 0 atom stereocenters. The van der Waals surface area contributed by atoms with Gasteiger partial charge in [0.2, 0.25) is 0 Å². The van der Waals surface area contributed by atoms with Crippen LogP contribution in [0.4, 0.5) is 5.69 Å². The second-order valence-electron chi connectivity index (χ2n) is 4.82. The zero-order chi connectivity index (χ0) is 13.8. The molecule has 0 unspecified atom stereocenters. The molecule has 0 radical (unpaired) electrons. The molecule has 0 amide bonds.